The van der Waals surface area contributed by atoms with E-state index >= 15 is 0 Å². The summed E-state index contributed by atoms with van der Waals surface area (Å²) in [5.41, 5.74) is -1.50. The Balaban J connectivity index is 3.13. The second-order valence-electron chi connectivity index (χ2n) is 3.31. The van der Waals surface area contributed by atoms with Gasteiger partial charge in [0.25, 0.3) is 0 Å². The van der Waals surface area contributed by atoms with Crippen molar-refractivity contribution >= 4 is 5.97 Å². The van der Waals surface area contributed by atoms with Crippen molar-refractivity contribution in [3.05, 3.63) is 24.0 Å². The number of rotatable bonds is 3. The SMILES string of the molecule is CC(C)C(O)(C(=O)O)c1ccc[nH]1. The minimum atomic E-state index is -1.82. The zero-order chi connectivity index (χ0) is 10.1. The average Bonchev–Trinajstić information content (AvgIpc) is 2.54. The molecule has 0 saturated carbocycles. The van der Waals surface area contributed by atoms with Crippen LogP contribution in [0.1, 0.15) is 19.5 Å². The Morgan fingerprint density at radius 1 is 1.62 bits per heavy atom. The van der Waals surface area contributed by atoms with Gasteiger partial charge in [0.05, 0.1) is 5.69 Å². The van der Waals surface area contributed by atoms with Crippen molar-refractivity contribution in [2.24, 2.45) is 5.92 Å². The lowest BCUT2D eigenvalue weighted by molar-refractivity contribution is -0.165. The van der Waals surface area contributed by atoms with Crippen molar-refractivity contribution in [1.29, 1.82) is 0 Å². The van der Waals surface area contributed by atoms with Crippen LogP contribution in [0.3, 0.4) is 0 Å². The lowest BCUT2D eigenvalue weighted by Gasteiger charge is -2.26. The smallest absolute Gasteiger partial charge is 0.342 e. The zero-order valence-electron chi connectivity index (χ0n) is 7.61. The molecule has 0 aliphatic heterocycles. The van der Waals surface area contributed by atoms with Crippen LogP contribution in [0.5, 0.6) is 0 Å². The predicted molar refractivity (Wildman–Crippen MR) is 47.2 cm³/mol. The number of aromatic nitrogens is 1. The highest BCUT2D eigenvalue weighted by atomic mass is 16.4. The van der Waals surface area contributed by atoms with Gasteiger partial charge < -0.3 is 15.2 Å². The Labute approximate surface area is 76.2 Å². The van der Waals surface area contributed by atoms with E-state index in [1.807, 2.05) is 0 Å². The van der Waals surface area contributed by atoms with Crippen LogP contribution in [0.25, 0.3) is 0 Å². The third-order valence-electron chi connectivity index (χ3n) is 2.17. The van der Waals surface area contributed by atoms with Gasteiger partial charge in [-0.25, -0.2) is 4.79 Å². The number of hydrogen-bond donors (Lipinski definition) is 3. The predicted octanol–water partition coefficient (Wildman–Crippen LogP) is 0.943. The van der Waals surface area contributed by atoms with Crippen LogP contribution in [0, 0.1) is 5.92 Å². The first kappa shape index (κ1) is 9.80. The molecular formula is C9H13NO3. The number of hydrogen-bond acceptors (Lipinski definition) is 2. The fourth-order valence-corrected chi connectivity index (χ4v) is 1.24. The number of aliphatic carboxylic acids is 1. The van der Waals surface area contributed by atoms with E-state index in [2.05, 4.69) is 4.98 Å². The number of carbonyl (C=O) groups is 1. The summed E-state index contributed by atoms with van der Waals surface area (Å²) in [6.45, 7) is 3.32. The Morgan fingerprint density at radius 2 is 2.23 bits per heavy atom. The van der Waals surface area contributed by atoms with E-state index in [-0.39, 0.29) is 5.92 Å². The number of nitrogens with one attached hydrogen (secondary N) is 1. The molecule has 1 atom stereocenters. The topological polar surface area (TPSA) is 73.3 Å². The second-order valence-corrected chi connectivity index (χ2v) is 3.31. The van der Waals surface area contributed by atoms with E-state index in [1.54, 1.807) is 32.2 Å². The number of carboxylic acids is 1. The van der Waals surface area contributed by atoms with Crippen LogP contribution in [0.2, 0.25) is 0 Å². The molecule has 1 heterocycles. The van der Waals surface area contributed by atoms with E-state index in [0.29, 0.717) is 5.69 Å². The highest BCUT2D eigenvalue weighted by molar-refractivity contribution is 5.78. The van der Waals surface area contributed by atoms with Gasteiger partial charge in [-0.3, -0.25) is 0 Å². The van der Waals surface area contributed by atoms with Crippen molar-refractivity contribution in [2.75, 3.05) is 0 Å². The first-order chi connectivity index (χ1) is 5.99. The minimum Gasteiger partial charge on any atom is -0.479 e. The largest absolute Gasteiger partial charge is 0.479 e. The average molecular weight is 183 g/mol. The number of aromatic amines is 1. The fraction of sp³-hybridized carbons (Fsp3) is 0.444. The lowest BCUT2D eigenvalue weighted by atomic mass is 9.87. The van der Waals surface area contributed by atoms with Gasteiger partial charge in [0.1, 0.15) is 0 Å². The van der Waals surface area contributed by atoms with Crippen molar-refractivity contribution in [3.8, 4) is 0 Å². The van der Waals surface area contributed by atoms with Crippen LogP contribution in [0.4, 0.5) is 0 Å². The van der Waals surface area contributed by atoms with Crippen molar-refractivity contribution < 1.29 is 15.0 Å². The summed E-state index contributed by atoms with van der Waals surface area (Å²) in [6.07, 6.45) is 1.59. The van der Waals surface area contributed by atoms with Gasteiger partial charge in [-0.15, -0.1) is 0 Å². The van der Waals surface area contributed by atoms with Crippen molar-refractivity contribution in [3.63, 3.8) is 0 Å². The first-order valence-electron chi connectivity index (χ1n) is 4.09. The molecule has 1 aromatic rings. The maximum absolute atomic E-state index is 10.9. The first-order valence-corrected chi connectivity index (χ1v) is 4.09. The Morgan fingerprint density at radius 3 is 2.54 bits per heavy atom. The quantitative estimate of drug-likeness (QED) is 0.653. The van der Waals surface area contributed by atoms with Crippen molar-refractivity contribution in [2.45, 2.75) is 19.4 Å². The third kappa shape index (κ3) is 1.45. The molecule has 0 radical (unpaired) electrons. The van der Waals surface area contributed by atoms with Crippen LogP contribution in [0.15, 0.2) is 18.3 Å². The van der Waals surface area contributed by atoms with Crippen LogP contribution < -0.4 is 0 Å². The zero-order valence-corrected chi connectivity index (χ0v) is 7.61. The molecule has 1 rings (SSSR count). The Hall–Kier alpha value is -1.29. The summed E-state index contributed by atoms with van der Waals surface area (Å²) in [6, 6.07) is 3.22. The number of H-pyrrole nitrogens is 1. The highest BCUT2D eigenvalue weighted by Crippen LogP contribution is 2.28. The van der Waals surface area contributed by atoms with Crippen LogP contribution >= 0.6 is 0 Å². The van der Waals surface area contributed by atoms with Gasteiger partial charge in [-0.1, -0.05) is 13.8 Å². The summed E-state index contributed by atoms with van der Waals surface area (Å²) in [5.74, 6) is -1.62. The van der Waals surface area contributed by atoms with E-state index < -0.39 is 11.6 Å². The monoisotopic (exact) mass is 183 g/mol. The molecule has 3 N–H and O–H groups in total. The Bertz CT molecular complexity index is 292. The van der Waals surface area contributed by atoms with E-state index in [0.717, 1.165) is 0 Å². The molecule has 1 aromatic heterocycles. The maximum atomic E-state index is 10.9. The maximum Gasteiger partial charge on any atom is 0.342 e. The molecule has 0 fully saturated rings. The summed E-state index contributed by atoms with van der Waals surface area (Å²) in [5, 5.41) is 18.8. The van der Waals surface area contributed by atoms with Crippen molar-refractivity contribution in [1.82, 2.24) is 4.98 Å². The normalized spacial score (nSPS) is 15.7. The molecule has 0 spiro atoms. The standard InChI is InChI=1S/C9H13NO3/c1-6(2)9(13,8(11)12)7-4-3-5-10-7/h3-6,10,13H,1-2H3,(H,11,12). The van der Waals surface area contributed by atoms with E-state index in [1.165, 1.54) is 0 Å². The summed E-state index contributed by atoms with van der Waals surface area (Å²) in [7, 11) is 0. The molecule has 0 aliphatic rings. The second kappa shape index (κ2) is 3.22. The molecule has 0 bridgehead atoms. The summed E-state index contributed by atoms with van der Waals surface area (Å²) in [4.78, 5) is 13.6. The molecule has 1 unspecified atom stereocenters. The molecule has 0 saturated heterocycles. The molecule has 4 heteroatoms. The van der Waals surface area contributed by atoms with Gasteiger partial charge in [0, 0.05) is 6.20 Å². The van der Waals surface area contributed by atoms with E-state index in [9.17, 15) is 9.90 Å². The Kier molecular flexibility index (Phi) is 2.43. The van der Waals surface area contributed by atoms with Gasteiger partial charge in [-0.2, -0.15) is 0 Å². The highest BCUT2D eigenvalue weighted by Gasteiger charge is 2.42. The van der Waals surface area contributed by atoms with Gasteiger partial charge in [-0.05, 0) is 18.1 Å². The molecule has 0 aromatic carbocycles. The fourth-order valence-electron chi connectivity index (χ4n) is 1.24. The van der Waals surface area contributed by atoms with Crippen LogP contribution in [-0.2, 0) is 10.4 Å². The molecule has 0 aliphatic carbocycles. The number of carboxylic acid groups (broad SMARTS) is 1. The third-order valence-corrected chi connectivity index (χ3v) is 2.17. The molecule has 4 nitrogen and oxygen atoms in total. The lowest BCUT2D eigenvalue weighted by Crippen LogP contribution is -2.41. The molecule has 0 amide bonds. The number of aliphatic hydroxyl groups is 1. The van der Waals surface area contributed by atoms with Gasteiger partial charge in [0.15, 0.2) is 0 Å². The summed E-state index contributed by atoms with van der Waals surface area (Å²) < 4.78 is 0. The minimum absolute atomic E-state index is 0.315. The van der Waals surface area contributed by atoms with Crippen LogP contribution in [-0.4, -0.2) is 21.2 Å². The van der Waals surface area contributed by atoms with E-state index in [4.69, 9.17) is 5.11 Å². The summed E-state index contributed by atoms with van der Waals surface area (Å²) >= 11 is 0. The van der Waals surface area contributed by atoms with Gasteiger partial charge >= 0.3 is 5.97 Å². The molecular weight excluding hydrogens is 170 g/mol. The molecule has 72 valence electrons. The molecule has 13 heavy (non-hydrogen) atoms. The van der Waals surface area contributed by atoms with Gasteiger partial charge in [0.2, 0.25) is 5.60 Å².